The van der Waals surface area contributed by atoms with E-state index in [9.17, 15) is 157 Å². The number of amides is 20. The summed E-state index contributed by atoms with van der Waals surface area (Å²) in [5, 5.41) is 147. The van der Waals surface area contributed by atoms with Crippen molar-refractivity contribution in [3.05, 3.63) is 0 Å². The van der Waals surface area contributed by atoms with Crippen molar-refractivity contribution < 1.29 is 199 Å². The Morgan fingerprint density at radius 2 is 0.617 bits per heavy atom. The van der Waals surface area contributed by atoms with Crippen molar-refractivity contribution in [1.29, 1.82) is 0 Å². The minimum atomic E-state index is -2.31. The lowest BCUT2D eigenvalue weighted by atomic mass is 9.92. The van der Waals surface area contributed by atoms with E-state index >= 15 is 0 Å². The van der Waals surface area contributed by atoms with Gasteiger partial charge in [-0.1, -0.05) is 0 Å². The van der Waals surface area contributed by atoms with E-state index < -0.39 is 402 Å². The molecule has 4 aliphatic heterocycles. The van der Waals surface area contributed by atoms with Crippen molar-refractivity contribution in [3.8, 4) is 0 Å². The van der Waals surface area contributed by atoms with Crippen molar-refractivity contribution in [3.63, 3.8) is 0 Å². The molecule has 0 bridgehead atoms. The Kier molecular flexibility index (Phi) is 53.9. The smallest absolute Gasteiger partial charge is 0.325 e. The molecule has 34 unspecified atom stereocenters. The van der Waals surface area contributed by atoms with Crippen LogP contribution in [0.15, 0.2) is 0 Å². The third-order valence-electron chi connectivity index (χ3n) is 23.6. The van der Waals surface area contributed by atoms with Crippen LogP contribution in [0, 0.1) is 0 Å². The van der Waals surface area contributed by atoms with E-state index in [1.54, 1.807) is 0 Å². The molecule has 38 N–H and O–H groups in total. The lowest BCUT2D eigenvalue weighted by Crippen LogP contribution is -2.72. The van der Waals surface area contributed by atoms with E-state index in [0.29, 0.717) is 0 Å². The topological polar surface area (TPSA) is 1010 Å². The minimum absolute atomic E-state index is 0.0375. The molecule has 4 aliphatic rings. The summed E-state index contributed by atoms with van der Waals surface area (Å²) in [5.74, 6) is -22.6. The molecular formula is C86H144N22O41. The highest BCUT2D eigenvalue weighted by Crippen LogP contribution is 2.37. The highest BCUT2D eigenvalue weighted by atomic mass is 16.8. The second-order valence-corrected chi connectivity index (χ2v) is 36.0. The van der Waals surface area contributed by atoms with Gasteiger partial charge in [0.25, 0.3) is 0 Å². The number of hydrogen-bond acceptors (Lipinski definition) is 41. The number of aliphatic hydroxyl groups excluding tert-OH is 8. The zero-order valence-corrected chi connectivity index (χ0v) is 83.9. The molecule has 34 atom stereocenters. The average molecular weight is 2140 g/mol. The first-order valence-corrected chi connectivity index (χ1v) is 47.5. The van der Waals surface area contributed by atoms with Crippen molar-refractivity contribution in [2.45, 2.75) is 367 Å². The summed E-state index contributed by atoms with van der Waals surface area (Å²) in [6.07, 6.45) is -39.6. The van der Waals surface area contributed by atoms with Crippen LogP contribution in [-0.2, 0) is 148 Å². The maximum Gasteiger partial charge on any atom is 0.325 e. The number of rotatable bonds is 62. The predicted octanol–water partition coefficient (Wildman–Crippen LogP) is -17.7. The maximum absolute atomic E-state index is 14.6. The van der Waals surface area contributed by atoms with Crippen molar-refractivity contribution in [2.75, 3.05) is 39.5 Å². The van der Waals surface area contributed by atoms with Crippen LogP contribution in [0.2, 0.25) is 0 Å². The van der Waals surface area contributed by atoms with Gasteiger partial charge in [-0.25, -0.2) is 0 Å². The third kappa shape index (κ3) is 41.5. The van der Waals surface area contributed by atoms with Gasteiger partial charge < -0.3 is 213 Å². The van der Waals surface area contributed by atoms with Crippen LogP contribution < -0.4 is 119 Å². The Balaban J connectivity index is 1.67. The molecule has 149 heavy (non-hydrogen) atoms. The summed E-state index contributed by atoms with van der Waals surface area (Å²) in [4.78, 5) is 286. The number of carbonyl (C=O) groups excluding carboxylic acids is 20. The van der Waals surface area contributed by atoms with Crippen LogP contribution >= 0.6 is 0 Å². The van der Waals surface area contributed by atoms with Gasteiger partial charge in [-0.2, -0.15) is 0 Å². The summed E-state index contributed by atoms with van der Waals surface area (Å²) in [5.41, 5.74) is 33.0. The van der Waals surface area contributed by atoms with Gasteiger partial charge in [0.05, 0.1) is 51.4 Å². The number of unbranched alkanes of at least 4 members (excludes halogenated alkanes) is 2. The molecular weight excluding hydrogens is 2000 g/mol. The summed E-state index contributed by atoms with van der Waals surface area (Å²) < 4.78 is 56.0. The van der Waals surface area contributed by atoms with Crippen molar-refractivity contribution >= 4 is 130 Å². The van der Waals surface area contributed by atoms with Crippen molar-refractivity contribution in [2.24, 2.45) is 34.4 Å². The molecule has 0 saturated carbocycles. The van der Waals surface area contributed by atoms with E-state index in [0.717, 1.165) is 69.2 Å². The predicted molar refractivity (Wildman–Crippen MR) is 500 cm³/mol. The Bertz CT molecular complexity index is 4610. The number of hydrogen-bond donors (Lipinski definition) is 32. The Hall–Kier alpha value is -12.4. The molecule has 0 aromatic heterocycles. The van der Waals surface area contributed by atoms with E-state index in [1.165, 1.54) is 13.8 Å². The number of nitrogens with one attached hydrogen (secondary N) is 16. The highest BCUT2D eigenvalue weighted by molar-refractivity contribution is 5.97. The molecule has 4 heterocycles. The van der Waals surface area contributed by atoms with Gasteiger partial charge in [0.1, 0.15) is 170 Å². The summed E-state index contributed by atoms with van der Waals surface area (Å²) >= 11 is 0. The summed E-state index contributed by atoms with van der Waals surface area (Å²) in [6.45, 7) is 8.12. The zero-order chi connectivity index (χ0) is 113. The second kappa shape index (κ2) is 62.3. The van der Waals surface area contributed by atoms with E-state index in [2.05, 4.69) is 85.1 Å². The SMILES string of the molecule is CC(=O)NC1C(OC2C(CO)OC(OC3C(CO)OC(OC4C(CO)OC(O)C(NC(C)=O)C4OC(C)C(=O)NC(C)C(=O)NC(CCC(=O)NC(CCCCNC(=O)C(N)CC(N)=O)C(=O)NC(C)C(=O)NC(C)C(=O)O)C(N)=O)C(NC(C)=O)C3O)C(NC(C)=O)C2OC(C)C(=O)NC(C)C(=O)NC(CCC(=O)NC(CCCCNC(=O)C(N)CC(N)=O)C(=O)NC(C)C(=O)NC(C)C(=O)O)C(N)=O)OC(CO)C(O)C1O. The second-order valence-electron chi connectivity index (χ2n) is 36.0. The molecule has 0 aliphatic carbocycles. The maximum atomic E-state index is 14.6. The molecule has 0 aromatic rings. The number of nitrogens with two attached hydrogens (primary N) is 6. The van der Waals surface area contributed by atoms with Gasteiger partial charge in [-0.3, -0.25) is 105 Å². The molecule has 4 saturated heterocycles. The van der Waals surface area contributed by atoms with Crippen LogP contribution in [0.4, 0.5) is 0 Å². The molecule has 0 radical (unpaired) electrons. The van der Waals surface area contributed by atoms with Crippen LogP contribution in [-0.4, -0.2) is 428 Å². The first kappa shape index (κ1) is 129. The number of aliphatic hydroxyl groups is 8. The lowest BCUT2D eigenvalue weighted by molar-refractivity contribution is -0.365. The molecule has 844 valence electrons. The third-order valence-corrected chi connectivity index (χ3v) is 23.6. The minimum Gasteiger partial charge on any atom is -0.480 e. The Morgan fingerprint density at radius 1 is 0.315 bits per heavy atom. The molecule has 4 rings (SSSR count). The Morgan fingerprint density at radius 3 is 0.966 bits per heavy atom. The van der Waals surface area contributed by atoms with Crippen LogP contribution in [0.1, 0.15) is 160 Å². The molecule has 0 spiro atoms. The molecule has 4 fully saturated rings. The molecule has 0 aromatic carbocycles. The molecule has 63 nitrogen and oxygen atoms in total. The normalized spacial score (nSPS) is 26.4. The van der Waals surface area contributed by atoms with Gasteiger partial charge >= 0.3 is 11.9 Å². The van der Waals surface area contributed by atoms with Gasteiger partial charge in [-0.05, 0) is 107 Å². The number of carboxylic acid groups (broad SMARTS) is 2. The molecule has 20 amide bonds. The lowest BCUT2D eigenvalue weighted by Gasteiger charge is -2.52. The van der Waals surface area contributed by atoms with Crippen molar-refractivity contribution in [1.82, 2.24) is 85.1 Å². The number of aliphatic carboxylic acids is 2. The number of primary amides is 4. The highest BCUT2D eigenvalue weighted by Gasteiger charge is 2.59. The van der Waals surface area contributed by atoms with Gasteiger partial charge in [0.15, 0.2) is 25.2 Å². The quantitative estimate of drug-likeness (QED) is 0.0251. The number of carboxylic acids is 2. The standard InChI is InChI=1S/C86H144N22O41/c1-31(71(126)99-35(5)81(136)137)97-79(134)47(17-13-15-23-93-77(132)43(87)25-53(89)117)105-55(119)21-19-45(69(91)124)107-73(128)33(3)95-75(130)37(7)141-67-59(103-41(11)115)83(140)143-51(29-111)65(67)148-85-58(102-40(10)114)63(123)64(50(28-110)145-85)147-86-60(104-42(12)116)68(66(52(30-112)146-86)149-84-57(101-39(9)113)62(122)61(121)49(27-109)144-84)142-38(8)76(131)96-34(4)74(129)108-46(70(92)125)20-22-56(120)106-48(18-14-16-24-94-78(133)44(88)26-54(90)118)80(135)98-32(2)72(127)100-36(6)82(138)139/h31-38,43-52,57-68,83-86,109-112,121-123,140H,13-30,87-88H2,1-12H3,(H2,89,117)(H2,90,118)(H2,91,124)(H2,92,125)(H,93,132)(H,94,133)(H,95,130)(H,96,131)(H,97,134)(H,98,135)(H,99,126)(H,100,127)(H,101,113)(H,102,114)(H,103,115)(H,104,116)(H,105,119)(H,106,120)(H,107,128)(H,108,129)(H,136,137)(H,138,139). The fraction of sp³-hybridized carbons (Fsp3) is 0.744. The van der Waals surface area contributed by atoms with Crippen LogP contribution in [0.5, 0.6) is 0 Å². The summed E-state index contributed by atoms with van der Waals surface area (Å²) in [6, 6.07) is -25.4. The van der Waals surface area contributed by atoms with Gasteiger partial charge in [0, 0.05) is 53.6 Å². The number of carbonyl (C=O) groups is 22. The van der Waals surface area contributed by atoms with Crippen LogP contribution in [0.3, 0.4) is 0 Å². The monoisotopic (exact) mass is 2140 g/mol. The van der Waals surface area contributed by atoms with E-state index in [-0.39, 0.29) is 51.6 Å². The average Bonchev–Trinajstić information content (AvgIpc) is 0.757. The first-order chi connectivity index (χ1) is 69.7. The van der Waals surface area contributed by atoms with Crippen LogP contribution in [0.25, 0.3) is 0 Å². The largest absolute Gasteiger partial charge is 0.480 e. The fourth-order valence-electron chi connectivity index (χ4n) is 15.4. The number of ether oxygens (including phenoxy) is 9. The molecule has 63 heteroatoms. The van der Waals surface area contributed by atoms with E-state index in [4.69, 9.17) is 77.0 Å². The van der Waals surface area contributed by atoms with E-state index in [1.807, 2.05) is 0 Å². The Labute approximate surface area is 852 Å². The zero-order valence-electron chi connectivity index (χ0n) is 83.9. The van der Waals surface area contributed by atoms with Gasteiger partial charge in [0.2, 0.25) is 118 Å². The first-order valence-electron chi connectivity index (χ1n) is 47.5. The van der Waals surface area contributed by atoms with Gasteiger partial charge in [-0.15, -0.1) is 0 Å². The fourth-order valence-corrected chi connectivity index (χ4v) is 15.4. The summed E-state index contributed by atoms with van der Waals surface area (Å²) in [7, 11) is 0.